The Balaban J connectivity index is 2.15. The number of hydrogen-bond donors (Lipinski definition) is 2. The summed E-state index contributed by atoms with van der Waals surface area (Å²) in [5.41, 5.74) is 5.80. The van der Waals surface area contributed by atoms with Crippen molar-refractivity contribution in [2.45, 2.75) is 46.1 Å². The molecule has 0 aliphatic carbocycles. The molecule has 0 aromatic carbocycles. The van der Waals surface area contributed by atoms with E-state index in [4.69, 9.17) is 10.2 Å². The Hall–Kier alpha value is -0.800. The second kappa shape index (κ2) is 8.33. The lowest BCUT2D eigenvalue weighted by Crippen LogP contribution is -2.31. The van der Waals surface area contributed by atoms with Crippen LogP contribution < -0.4 is 11.1 Å². The van der Waals surface area contributed by atoms with E-state index in [-0.39, 0.29) is 0 Å². The van der Waals surface area contributed by atoms with E-state index in [2.05, 4.69) is 26.1 Å². The van der Waals surface area contributed by atoms with Crippen LogP contribution in [-0.2, 0) is 6.42 Å². The molecule has 18 heavy (non-hydrogen) atoms. The standard InChI is InChI=1S/C15H28N2O/c1-12(2)9-14(11-16)6-7-17-13(3)10-15-5-4-8-18-15/h4-5,8,12-14,17H,6-7,9-11,16H2,1-3H3. The van der Waals surface area contributed by atoms with Gasteiger partial charge in [0, 0.05) is 12.5 Å². The zero-order chi connectivity index (χ0) is 13.4. The van der Waals surface area contributed by atoms with Gasteiger partial charge in [0.15, 0.2) is 0 Å². The minimum atomic E-state index is 0.452. The summed E-state index contributed by atoms with van der Waals surface area (Å²) >= 11 is 0. The lowest BCUT2D eigenvalue weighted by Gasteiger charge is -2.19. The topological polar surface area (TPSA) is 51.2 Å². The van der Waals surface area contributed by atoms with Crippen molar-refractivity contribution in [2.24, 2.45) is 17.6 Å². The van der Waals surface area contributed by atoms with Crippen molar-refractivity contribution in [3.8, 4) is 0 Å². The third-order valence-electron chi connectivity index (χ3n) is 3.27. The predicted octanol–water partition coefficient (Wildman–Crippen LogP) is 2.81. The minimum absolute atomic E-state index is 0.452. The van der Waals surface area contributed by atoms with E-state index < -0.39 is 0 Å². The first-order valence-electron chi connectivity index (χ1n) is 7.07. The molecular formula is C15H28N2O. The van der Waals surface area contributed by atoms with Gasteiger partial charge in [-0.3, -0.25) is 0 Å². The van der Waals surface area contributed by atoms with Crippen molar-refractivity contribution in [2.75, 3.05) is 13.1 Å². The van der Waals surface area contributed by atoms with Crippen LogP contribution in [0, 0.1) is 11.8 Å². The second-order valence-corrected chi connectivity index (χ2v) is 5.66. The molecule has 0 fully saturated rings. The Morgan fingerprint density at radius 3 is 2.67 bits per heavy atom. The lowest BCUT2D eigenvalue weighted by atomic mass is 9.94. The maximum Gasteiger partial charge on any atom is 0.105 e. The summed E-state index contributed by atoms with van der Waals surface area (Å²) in [6, 6.07) is 4.42. The molecule has 0 amide bonds. The van der Waals surface area contributed by atoms with Crippen molar-refractivity contribution < 1.29 is 4.42 Å². The molecule has 0 spiro atoms. The quantitative estimate of drug-likeness (QED) is 0.710. The van der Waals surface area contributed by atoms with Gasteiger partial charge in [0.1, 0.15) is 5.76 Å². The van der Waals surface area contributed by atoms with Crippen LogP contribution >= 0.6 is 0 Å². The third kappa shape index (κ3) is 6.22. The van der Waals surface area contributed by atoms with Crippen LogP contribution in [0.4, 0.5) is 0 Å². The zero-order valence-electron chi connectivity index (χ0n) is 12.0. The summed E-state index contributed by atoms with van der Waals surface area (Å²) in [6.45, 7) is 8.55. The van der Waals surface area contributed by atoms with Crippen LogP contribution in [0.25, 0.3) is 0 Å². The fourth-order valence-electron chi connectivity index (χ4n) is 2.34. The molecule has 2 unspecified atom stereocenters. The van der Waals surface area contributed by atoms with Gasteiger partial charge < -0.3 is 15.5 Å². The number of furan rings is 1. The molecule has 0 radical (unpaired) electrons. The number of rotatable bonds is 9. The monoisotopic (exact) mass is 252 g/mol. The summed E-state index contributed by atoms with van der Waals surface area (Å²) in [5, 5.41) is 3.54. The molecule has 0 saturated heterocycles. The Morgan fingerprint density at radius 2 is 2.11 bits per heavy atom. The molecule has 1 rings (SSSR count). The first-order valence-corrected chi connectivity index (χ1v) is 7.07. The first-order chi connectivity index (χ1) is 8.61. The molecule has 0 bridgehead atoms. The maximum absolute atomic E-state index is 5.80. The molecule has 0 aliphatic heterocycles. The predicted molar refractivity (Wildman–Crippen MR) is 76.5 cm³/mol. The van der Waals surface area contributed by atoms with Crippen LogP contribution in [0.3, 0.4) is 0 Å². The van der Waals surface area contributed by atoms with E-state index in [0.717, 1.165) is 37.6 Å². The Morgan fingerprint density at radius 1 is 1.33 bits per heavy atom. The van der Waals surface area contributed by atoms with Crippen molar-refractivity contribution in [1.29, 1.82) is 0 Å². The smallest absolute Gasteiger partial charge is 0.105 e. The SMILES string of the molecule is CC(C)CC(CN)CCNC(C)Cc1ccco1. The Kier molecular flexibility index (Phi) is 7.06. The molecule has 3 heteroatoms. The minimum Gasteiger partial charge on any atom is -0.469 e. The summed E-state index contributed by atoms with van der Waals surface area (Å²) in [4.78, 5) is 0. The van der Waals surface area contributed by atoms with Crippen molar-refractivity contribution in [3.63, 3.8) is 0 Å². The fourth-order valence-corrected chi connectivity index (χ4v) is 2.34. The van der Waals surface area contributed by atoms with E-state index in [0.29, 0.717) is 12.0 Å². The number of nitrogens with two attached hydrogens (primary N) is 1. The number of hydrogen-bond acceptors (Lipinski definition) is 3. The van der Waals surface area contributed by atoms with Gasteiger partial charge in [-0.05, 0) is 56.8 Å². The summed E-state index contributed by atoms with van der Waals surface area (Å²) < 4.78 is 5.35. The van der Waals surface area contributed by atoms with Gasteiger partial charge in [0.2, 0.25) is 0 Å². The van der Waals surface area contributed by atoms with Gasteiger partial charge in [-0.2, -0.15) is 0 Å². The van der Waals surface area contributed by atoms with E-state index in [1.165, 1.54) is 6.42 Å². The summed E-state index contributed by atoms with van der Waals surface area (Å²) in [7, 11) is 0. The number of nitrogens with one attached hydrogen (secondary N) is 1. The van der Waals surface area contributed by atoms with Crippen molar-refractivity contribution >= 4 is 0 Å². The van der Waals surface area contributed by atoms with Crippen molar-refractivity contribution in [3.05, 3.63) is 24.2 Å². The lowest BCUT2D eigenvalue weighted by molar-refractivity contribution is 0.372. The Labute approximate surface area is 111 Å². The molecule has 0 saturated carbocycles. The average molecular weight is 252 g/mol. The maximum atomic E-state index is 5.80. The van der Waals surface area contributed by atoms with Gasteiger partial charge >= 0.3 is 0 Å². The third-order valence-corrected chi connectivity index (χ3v) is 3.27. The van der Waals surface area contributed by atoms with Gasteiger partial charge in [-0.1, -0.05) is 13.8 Å². The molecule has 1 heterocycles. The molecule has 1 aromatic rings. The summed E-state index contributed by atoms with van der Waals surface area (Å²) in [6.07, 6.45) is 5.07. The molecule has 104 valence electrons. The first kappa shape index (κ1) is 15.3. The molecule has 3 N–H and O–H groups in total. The van der Waals surface area contributed by atoms with Crippen molar-refractivity contribution in [1.82, 2.24) is 5.32 Å². The highest BCUT2D eigenvalue weighted by Gasteiger charge is 2.10. The van der Waals surface area contributed by atoms with Gasteiger partial charge in [0.05, 0.1) is 6.26 Å². The van der Waals surface area contributed by atoms with Crippen LogP contribution in [0.1, 0.15) is 39.4 Å². The van der Waals surface area contributed by atoms with Crippen LogP contribution in [0.5, 0.6) is 0 Å². The largest absolute Gasteiger partial charge is 0.469 e. The highest BCUT2D eigenvalue weighted by atomic mass is 16.3. The average Bonchev–Trinajstić information content (AvgIpc) is 2.79. The van der Waals surface area contributed by atoms with E-state index in [1.54, 1.807) is 6.26 Å². The Bertz CT molecular complexity index is 295. The fraction of sp³-hybridized carbons (Fsp3) is 0.733. The normalized spacial score (nSPS) is 14.9. The van der Waals surface area contributed by atoms with Crippen LogP contribution in [0.2, 0.25) is 0 Å². The van der Waals surface area contributed by atoms with Crippen LogP contribution in [-0.4, -0.2) is 19.1 Å². The highest BCUT2D eigenvalue weighted by Crippen LogP contribution is 2.13. The molecule has 1 aromatic heterocycles. The molecular weight excluding hydrogens is 224 g/mol. The zero-order valence-corrected chi connectivity index (χ0v) is 12.0. The van der Waals surface area contributed by atoms with E-state index in [1.807, 2.05) is 12.1 Å². The second-order valence-electron chi connectivity index (χ2n) is 5.66. The van der Waals surface area contributed by atoms with E-state index in [9.17, 15) is 0 Å². The highest BCUT2D eigenvalue weighted by molar-refractivity contribution is 4.99. The van der Waals surface area contributed by atoms with E-state index >= 15 is 0 Å². The molecule has 2 atom stereocenters. The molecule has 3 nitrogen and oxygen atoms in total. The molecule has 0 aliphatic rings. The van der Waals surface area contributed by atoms with Gasteiger partial charge in [0.25, 0.3) is 0 Å². The van der Waals surface area contributed by atoms with Gasteiger partial charge in [-0.15, -0.1) is 0 Å². The van der Waals surface area contributed by atoms with Crippen LogP contribution in [0.15, 0.2) is 22.8 Å². The van der Waals surface area contributed by atoms with Gasteiger partial charge in [-0.25, -0.2) is 0 Å². The summed E-state index contributed by atoms with van der Waals surface area (Å²) in [5.74, 6) is 2.43.